The van der Waals surface area contributed by atoms with Crippen molar-refractivity contribution in [1.82, 2.24) is 0 Å². The smallest absolute Gasteiger partial charge is 0.305 e. The second kappa shape index (κ2) is 39.9. The Bertz CT molecular complexity index is 473. The van der Waals surface area contributed by atoms with E-state index in [4.69, 9.17) is 9.47 Å². The molecule has 0 fully saturated rings. The third-order valence-corrected chi connectivity index (χ3v) is 8.10. The average Bonchev–Trinajstić information content (AvgIpc) is 3.01. The molecule has 0 rings (SSSR count). The van der Waals surface area contributed by atoms with Gasteiger partial charge in [0.2, 0.25) is 0 Å². The van der Waals surface area contributed by atoms with E-state index in [1.54, 1.807) is 0 Å². The van der Waals surface area contributed by atoms with Crippen molar-refractivity contribution in [2.24, 2.45) is 0 Å². The Morgan fingerprint density at radius 1 is 0.310 bits per heavy atom. The van der Waals surface area contributed by atoms with Crippen molar-refractivity contribution in [1.29, 1.82) is 0 Å². The molecule has 0 spiro atoms. The Hall–Kier alpha value is -1.06. The van der Waals surface area contributed by atoms with E-state index in [1.807, 2.05) is 13.8 Å². The van der Waals surface area contributed by atoms with Gasteiger partial charge in [-0.15, -0.1) is 0 Å². The predicted molar refractivity (Wildman–Crippen MR) is 183 cm³/mol. The molecule has 0 atom stereocenters. The fourth-order valence-electron chi connectivity index (χ4n) is 5.17. The second-order valence-corrected chi connectivity index (χ2v) is 12.3. The van der Waals surface area contributed by atoms with Gasteiger partial charge in [-0.3, -0.25) is 9.59 Å². The molecule has 0 bridgehead atoms. The summed E-state index contributed by atoms with van der Waals surface area (Å²) >= 11 is 0. The highest BCUT2D eigenvalue weighted by molar-refractivity contribution is 5.69. The molecule has 0 saturated heterocycles. The van der Waals surface area contributed by atoms with E-state index in [2.05, 4.69) is 13.8 Å². The third-order valence-electron chi connectivity index (χ3n) is 8.10. The van der Waals surface area contributed by atoms with Gasteiger partial charge in [-0.1, -0.05) is 195 Å². The summed E-state index contributed by atoms with van der Waals surface area (Å²) in [6.07, 6.45) is 39.0. The molecular weight excluding hydrogens is 520 g/mol. The van der Waals surface area contributed by atoms with Crippen LogP contribution in [0.15, 0.2) is 0 Å². The second-order valence-electron chi connectivity index (χ2n) is 12.3. The van der Waals surface area contributed by atoms with Crippen LogP contribution in [0.1, 0.15) is 220 Å². The van der Waals surface area contributed by atoms with Crippen LogP contribution in [0.5, 0.6) is 0 Å². The first-order valence-corrected chi connectivity index (χ1v) is 18.9. The van der Waals surface area contributed by atoms with Gasteiger partial charge in [0.15, 0.2) is 0 Å². The van der Waals surface area contributed by atoms with E-state index in [-0.39, 0.29) is 11.9 Å². The van der Waals surface area contributed by atoms with Crippen molar-refractivity contribution in [3.63, 3.8) is 0 Å². The van der Waals surface area contributed by atoms with Crippen LogP contribution in [0.4, 0.5) is 0 Å². The maximum atomic E-state index is 10.9. The van der Waals surface area contributed by atoms with Gasteiger partial charge >= 0.3 is 11.9 Å². The maximum absolute atomic E-state index is 10.9. The van der Waals surface area contributed by atoms with Crippen molar-refractivity contribution in [3.05, 3.63) is 0 Å². The minimum absolute atomic E-state index is 0.0651. The van der Waals surface area contributed by atoms with Gasteiger partial charge in [0, 0.05) is 12.8 Å². The number of unbranched alkanes of at least 4 members (excludes halogenated alkanes) is 26. The van der Waals surface area contributed by atoms with Crippen LogP contribution in [-0.2, 0) is 19.1 Å². The van der Waals surface area contributed by atoms with Crippen molar-refractivity contribution in [2.45, 2.75) is 220 Å². The molecule has 252 valence electrons. The fraction of sp³-hybridized carbons (Fsp3) is 0.947. The molecule has 0 radical (unpaired) electrons. The van der Waals surface area contributed by atoms with E-state index in [0.717, 1.165) is 12.8 Å². The molecule has 0 saturated carbocycles. The molecule has 0 aliphatic rings. The lowest BCUT2D eigenvalue weighted by Gasteiger charge is -2.04. The minimum Gasteiger partial charge on any atom is -0.466 e. The highest BCUT2D eigenvalue weighted by atomic mass is 16.5. The standard InChI is InChI=1S/2C19H38O2/c2*1-3-5-6-7-8-9-10-11-12-13-14-15-16-17-18-21-19(20)4-2/h2*3-18H2,1-2H3. The van der Waals surface area contributed by atoms with Gasteiger partial charge in [-0.2, -0.15) is 0 Å². The molecule has 0 heterocycles. The van der Waals surface area contributed by atoms with Crippen molar-refractivity contribution in [3.8, 4) is 0 Å². The van der Waals surface area contributed by atoms with Crippen LogP contribution in [0, 0.1) is 0 Å². The lowest BCUT2D eigenvalue weighted by atomic mass is 10.0. The molecule has 0 aromatic carbocycles. The molecule has 0 amide bonds. The predicted octanol–water partition coefficient (Wildman–Crippen LogP) is 12.8. The molecule has 0 aromatic rings. The summed E-state index contributed by atoms with van der Waals surface area (Å²) in [6.45, 7) is 9.46. The largest absolute Gasteiger partial charge is 0.466 e. The molecule has 0 aromatic heterocycles. The van der Waals surface area contributed by atoms with Crippen molar-refractivity contribution < 1.29 is 19.1 Å². The molecule has 0 N–H and O–H groups in total. The highest BCUT2D eigenvalue weighted by Crippen LogP contribution is 2.14. The van der Waals surface area contributed by atoms with Gasteiger partial charge in [-0.05, 0) is 12.8 Å². The first-order chi connectivity index (χ1) is 20.6. The molecule has 0 unspecified atom stereocenters. The van der Waals surface area contributed by atoms with Crippen LogP contribution in [0.3, 0.4) is 0 Å². The van der Waals surface area contributed by atoms with Gasteiger partial charge in [0.05, 0.1) is 13.2 Å². The van der Waals surface area contributed by atoms with Gasteiger partial charge in [-0.25, -0.2) is 0 Å². The van der Waals surface area contributed by atoms with Crippen LogP contribution in [0.25, 0.3) is 0 Å². The molecule has 42 heavy (non-hydrogen) atoms. The zero-order valence-electron chi connectivity index (χ0n) is 29.3. The first-order valence-electron chi connectivity index (χ1n) is 18.9. The summed E-state index contributed by atoms with van der Waals surface area (Å²) in [6, 6.07) is 0. The first kappa shape index (κ1) is 43.1. The number of hydrogen-bond acceptors (Lipinski definition) is 4. The summed E-state index contributed by atoms with van der Waals surface area (Å²) in [7, 11) is 0. The topological polar surface area (TPSA) is 52.6 Å². The fourth-order valence-corrected chi connectivity index (χ4v) is 5.17. The van der Waals surface area contributed by atoms with E-state index in [0.29, 0.717) is 26.1 Å². The Balaban J connectivity index is 0. The van der Waals surface area contributed by atoms with Gasteiger partial charge < -0.3 is 9.47 Å². The zero-order valence-corrected chi connectivity index (χ0v) is 29.3. The molecule has 4 nitrogen and oxygen atoms in total. The zero-order chi connectivity index (χ0) is 31.2. The van der Waals surface area contributed by atoms with Crippen molar-refractivity contribution in [2.75, 3.05) is 13.2 Å². The Morgan fingerprint density at radius 2 is 0.500 bits per heavy atom. The Kier molecular flexibility index (Phi) is 41.0. The SMILES string of the molecule is CCCCCCCCCCCCCCCCOC(=O)CC.CCCCCCCCCCCCCCCCOC(=O)CC. The third kappa shape index (κ3) is 41.1. The van der Waals surface area contributed by atoms with Crippen LogP contribution < -0.4 is 0 Å². The highest BCUT2D eigenvalue weighted by Gasteiger charge is 1.99. The lowest BCUT2D eigenvalue weighted by Crippen LogP contribution is -2.03. The van der Waals surface area contributed by atoms with Gasteiger partial charge in [0.1, 0.15) is 0 Å². The number of rotatable bonds is 32. The summed E-state index contributed by atoms with van der Waals surface area (Å²) in [5.74, 6) is -0.130. The number of carbonyl (C=O) groups is 2. The molecular formula is C38H76O4. The summed E-state index contributed by atoms with van der Waals surface area (Å²) in [5, 5.41) is 0. The monoisotopic (exact) mass is 597 g/mol. The quantitative estimate of drug-likeness (QED) is 0.0572. The lowest BCUT2D eigenvalue weighted by molar-refractivity contribution is -0.144. The number of hydrogen-bond donors (Lipinski definition) is 0. The summed E-state index contributed by atoms with van der Waals surface area (Å²) in [4.78, 5) is 21.8. The Morgan fingerprint density at radius 3 is 0.690 bits per heavy atom. The number of carbonyl (C=O) groups excluding carboxylic acids is 2. The van der Waals surface area contributed by atoms with Crippen LogP contribution >= 0.6 is 0 Å². The minimum atomic E-state index is -0.0651. The normalized spacial score (nSPS) is 10.8. The number of ether oxygens (including phenoxy) is 2. The molecule has 0 aliphatic carbocycles. The summed E-state index contributed by atoms with van der Waals surface area (Å²) in [5.41, 5.74) is 0. The molecule has 0 aliphatic heterocycles. The Labute approximate surface area is 264 Å². The number of esters is 2. The van der Waals surface area contributed by atoms with Crippen LogP contribution in [0.2, 0.25) is 0 Å². The van der Waals surface area contributed by atoms with E-state index in [9.17, 15) is 9.59 Å². The average molecular weight is 597 g/mol. The summed E-state index contributed by atoms with van der Waals surface area (Å²) < 4.78 is 10.1. The van der Waals surface area contributed by atoms with Crippen molar-refractivity contribution >= 4 is 11.9 Å². The van der Waals surface area contributed by atoms with E-state index >= 15 is 0 Å². The molecule has 4 heteroatoms. The van der Waals surface area contributed by atoms with Gasteiger partial charge in [0.25, 0.3) is 0 Å². The maximum Gasteiger partial charge on any atom is 0.305 e. The van der Waals surface area contributed by atoms with E-state index in [1.165, 1.54) is 167 Å². The van der Waals surface area contributed by atoms with Crippen LogP contribution in [-0.4, -0.2) is 25.2 Å². The van der Waals surface area contributed by atoms with E-state index < -0.39 is 0 Å².